The third-order valence-electron chi connectivity index (χ3n) is 3.64. The lowest BCUT2D eigenvalue weighted by atomic mass is 9.92. The minimum absolute atomic E-state index is 0.0239. The first-order chi connectivity index (χ1) is 12.5. The number of nitrogens with one attached hydrogen (secondary N) is 1. The van der Waals surface area contributed by atoms with Gasteiger partial charge in [0.15, 0.2) is 6.61 Å². The number of aliphatic carboxylic acids is 1. The van der Waals surface area contributed by atoms with Crippen LogP contribution in [0.4, 0.5) is 17.6 Å². The van der Waals surface area contributed by atoms with Gasteiger partial charge in [-0.2, -0.15) is 13.2 Å². The smallest absolute Gasteiger partial charge is 0.484 e. The van der Waals surface area contributed by atoms with E-state index in [0.717, 1.165) is 25.7 Å². The summed E-state index contributed by atoms with van der Waals surface area (Å²) in [6.45, 7) is -0.107. The number of ether oxygens (including phenoxy) is 1. The van der Waals surface area contributed by atoms with Crippen molar-refractivity contribution >= 4 is 23.5 Å². The number of carbonyl (C=O) groups excluding carboxylic acids is 1. The van der Waals surface area contributed by atoms with Crippen LogP contribution in [-0.2, 0) is 9.59 Å². The van der Waals surface area contributed by atoms with Gasteiger partial charge < -0.3 is 20.9 Å². The molecule has 1 aliphatic rings. The van der Waals surface area contributed by atoms with Crippen LogP contribution >= 0.6 is 11.6 Å². The highest BCUT2D eigenvalue weighted by atomic mass is 35.5. The maximum absolute atomic E-state index is 13.0. The topological polar surface area (TPSA) is 102 Å². The number of hydrogen-bond donors (Lipinski definition) is 3. The highest BCUT2D eigenvalue weighted by Crippen LogP contribution is 2.21. The molecule has 27 heavy (non-hydrogen) atoms. The van der Waals surface area contributed by atoms with Crippen molar-refractivity contribution in [3.63, 3.8) is 0 Å². The molecule has 0 saturated heterocycles. The summed E-state index contributed by atoms with van der Waals surface area (Å²) < 4.78 is 50.0. The summed E-state index contributed by atoms with van der Waals surface area (Å²) in [7, 11) is 0. The van der Waals surface area contributed by atoms with Crippen molar-refractivity contribution in [3.05, 3.63) is 29.0 Å². The fraction of sp³-hybridized carbons (Fsp3) is 0.500. The van der Waals surface area contributed by atoms with Gasteiger partial charge in [-0.3, -0.25) is 4.79 Å². The fourth-order valence-corrected chi connectivity index (χ4v) is 2.42. The molecule has 0 radical (unpaired) electrons. The molecule has 1 aromatic carbocycles. The molecule has 1 saturated carbocycles. The maximum Gasteiger partial charge on any atom is 0.490 e. The van der Waals surface area contributed by atoms with E-state index in [-0.39, 0.29) is 29.6 Å². The van der Waals surface area contributed by atoms with Gasteiger partial charge in [0.05, 0.1) is 5.02 Å². The summed E-state index contributed by atoms with van der Waals surface area (Å²) in [6, 6.07) is 4.42. The van der Waals surface area contributed by atoms with Gasteiger partial charge in [-0.15, -0.1) is 0 Å². The Balaban J connectivity index is 0.000000445. The van der Waals surface area contributed by atoms with Crippen LogP contribution < -0.4 is 15.8 Å². The van der Waals surface area contributed by atoms with Crippen molar-refractivity contribution < 1.29 is 37.0 Å². The van der Waals surface area contributed by atoms with Crippen LogP contribution in [0.15, 0.2) is 18.2 Å². The first-order valence-electron chi connectivity index (χ1n) is 7.92. The third-order valence-corrected chi connectivity index (χ3v) is 3.93. The van der Waals surface area contributed by atoms with E-state index in [1.54, 1.807) is 0 Å². The highest BCUT2D eigenvalue weighted by Gasteiger charge is 2.38. The van der Waals surface area contributed by atoms with Crippen LogP contribution in [0, 0.1) is 5.82 Å². The Morgan fingerprint density at radius 3 is 2.30 bits per heavy atom. The molecular formula is C16H19ClF4N2O4. The van der Waals surface area contributed by atoms with Gasteiger partial charge in [-0.25, -0.2) is 9.18 Å². The van der Waals surface area contributed by atoms with Crippen molar-refractivity contribution in [2.24, 2.45) is 5.73 Å². The van der Waals surface area contributed by atoms with Crippen molar-refractivity contribution in [2.75, 3.05) is 6.61 Å². The van der Waals surface area contributed by atoms with Gasteiger partial charge in [-0.1, -0.05) is 11.6 Å². The fourth-order valence-electron chi connectivity index (χ4n) is 2.25. The first kappa shape index (κ1) is 23.0. The van der Waals surface area contributed by atoms with E-state index in [0.29, 0.717) is 5.75 Å². The zero-order valence-electron chi connectivity index (χ0n) is 14.1. The predicted molar refractivity (Wildman–Crippen MR) is 89.0 cm³/mol. The van der Waals surface area contributed by atoms with Crippen molar-refractivity contribution in [1.29, 1.82) is 0 Å². The van der Waals surface area contributed by atoms with E-state index in [2.05, 4.69) is 5.32 Å². The summed E-state index contributed by atoms with van der Waals surface area (Å²) in [5, 5.41) is 10.0. The molecule has 0 bridgehead atoms. The average molecular weight is 415 g/mol. The Labute approximate surface area is 157 Å². The maximum atomic E-state index is 13.0. The molecule has 1 aliphatic carbocycles. The molecule has 0 aliphatic heterocycles. The van der Waals surface area contributed by atoms with Crippen LogP contribution in [0.25, 0.3) is 0 Å². The third kappa shape index (κ3) is 8.91. The van der Waals surface area contributed by atoms with E-state index in [9.17, 15) is 22.4 Å². The zero-order valence-corrected chi connectivity index (χ0v) is 14.8. The van der Waals surface area contributed by atoms with Gasteiger partial charge in [0.2, 0.25) is 0 Å². The highest BCUT2D eigenvalue weighted by molar-refractivity contribution is 6.30. The van der Waals surface area contributed by atoms with Crippen LogP contribution in [-0.4, -0.2) is 41.8 Å². The minimum Gasteiger partial charge on any atom is -0.484 e. The molecule has 1 amide bonds. The van der Waals surface area contributed by atoms with E-state index in [1.807, 2.05) is 0 Å². The molecule has 152 valence electrons. The molecule has 11 heteroatoms. The lowest BCUT2D eigenvalue weighted by molar-refractivity contribution is -0.192. The number of amides is 1. The van der Waals surface area contributed by atoms with Crippen molar-refractivity contribution in [1.82, 2.24) is 5.32 Å². The Kier molecular flexibility index (Phi) is 8.77. The SMILES string of the molecule is NC1CCC(NC(=O)COc2ccc(F)c(Cl)c2)CC1.O=C(O)C(F)(F)F. The Bertz CT molecular complexity index is 650. The average Bonchev–Trinajstić information content (AvgIpc) is 2.58. The van der Waals surface area contributed by atoms with E-state index < -0.39 is 18.0 Å². The lowest BCUT2D eigenvalue weighted by Gasteiger charge is -2.26. The van der Waals surface area contributed by atoms with Gasteiger partial charge in [0.25, 0.3) is 5.91 Å². The number of carbonyl (C=O) groups is 2. The Hall–Kier alpha value is -2.07. The van der Waals surface area contributed by atoms with Gasteiger partial charge in [0, 0.05) is 18.2 Å². The summed E-state index contributed by atoms with van der Waals surface area (Å²) in [5.74, 6) is -3.09. The molecule has 6 nitrogen and oxygen atoms in total. The molecule has 2 rings (SSSR count). The zero-order chi connectivity index (χ0) is 20.6. The molecule has 4 N–H and O–H groups in total. The number of nitrogens with two attached hydrogens (primary N) is 1. The van der Waals surface area contributed by atoms with Crippen LogP contribution in [0.5, 0.6) is 5.75 Å². The van der Waals surface area contributed by atoms with Crippen molar-refractivity contribution in [3.8, 4) is 5.75 Å². The number of benzene rings is 1. The second-order valence-corrected chi connectivity index (χ2v) is 6.25. The molecule has 0 atom stereocenters. The number of carboxylic acid groups (broad SMARTS) is 1. The summed E-state index contributed by atoms with van der Waals surface area (Å²) in [4.78, 5) is 20.6. The number of hydrogen-bond acceptors (Lipinski definition) is 4. The molecule has 0 heterocycles. The van der Waals surface area contributed by atoms with Gasteiger partial charge in [-0.05, 0) is 37.8 Å². The molecule has 0 unspecified atom stereocenters. The minimum atomic E-state index is -5.08. The van der Waals surface area contributed by atoms with Crippen LogP contribution in [0.2, 0.25) is 5.02 Å². The van der Waals surface area contributed by atoms with Gasteiger partial charge >= 0.3 is 12.1 Å². The van der Waals surface area contributed by atoms with E-state index >= 15 is 0 Å². The second kappa shape index (κ2) is 10.3. The lowest BCUT2D eigenvalue weighted by Crippen LogP contribution is -2.42. The molecule has 1 fully saturated rings. The molecule has 0 spiro atoms. The number of alkyl halides is 3. The quantitative estimate of drug-likeness (QED) is 0.658. The number of carboxylic acids is 1. The monoisotopic (exact) mass is 414 g/mol. The normalized spacial score (nSPS) is 19.5. The Morgan fingerprint density at radius 1 is 1.26 bits per heavy atom. The standard InChI is InChI=1S/C14H18ClFN2O2.C2HF3O2/c15-12-7-11(5-6-13(12)16)20-8-14(19)18-10-3-1-9(17)2-4-10;3-2(4,5)1(6)7/h5-7,9-10H,1-4,8,17H2,(H,18,19);(H,6,7). The summed E-state index contributed by atoms with van der Waals surface area (Å²) in [6.07, 6.45) is -1.43. The molecule has 0 aromatic heterocycles. The predicted octanol–water partition coefficient (Wildman–Crippen LogP) is 2.88. The Morgan fingerprint density at radius 2 is 1.81 bits per heavy atom. The second-order valence-electron chi connectivity index (χ2n) is 5.85. The van der Waals surface area contributed by atoms with Gasteiger partial charge in [0.1, 0.15) is 11.6 Å². The summed E-state index contributed by atoms with van der Waals surface area (Å²) in [5.41, 5.74) is 5.81. The largest absolute Gasteiger partial charge is 0.490 e. The van der Waals surface area contributed by atoms with E-state index in [4.69, 9.17) is 32.0 Å². The van der Waals surface area contributed by atoms with E-state index in [1.165, 1.54) is 18.2 Å². The van der Waals surface area contributed by atoms with Crippen LogP contribution in [0.1, 0.15) is 25.7 Å². The first-order valence-corrected chi connectivity index (χ1v) is 8.29. The molecule has 1 aromatic rings. The van der Waals surface area contributed by atoms with Crippen LogP contribution in [0.3, 0.4) is 0 Å². The number of rotatable bonds is 4. The van der Waals surface area contributed by atoms with Crippen molar-refractivity contribution in [2.45, 2.75) is 43.9 Å². The summed E-state index contributed by atoms with van der Waals surface area (Å²) >= 11 is 5.63. The molecular weight excluding hydrogens is 396 g/mol. The number of halogens is 5.